The lowest BCUT2D eigenvalue weighted by Crippen LogP contribution is -2.31. The van der Waals surface area contributed by atoms with Crippen LogP contribution in [0.1, 0.15) is 45.6 Å². The van der Waals surface area contributed by atoms with Gasteiger partial charge in [0.15, 0.2) is 0 Å². The monoisotopic (exact) mass is 234 g/mol. The minimum absolute atomic E-state index is 0.673. The van der Waals surface area contributed by atoms with Crippen LogP contribution in [0.3, 0.4) is 0 Å². The van der Waals surface area contributed by atoms with Crippen LogP contribution in [0.4, 0.5) is 0 Å². The van der Waals surface area contributed by atoms with Gasteiger partial charge in [-0.2, -0.15) is 0 Å². The zero-order chi connectivity index (χ0) is 12.5. The molecular formula is C15H26N2. The van der Waals surface area contributed by atoms with Crippen LogP contribution >= 0.6 is 0 Å². The Morgan fingerprint density at radius 2 is 1.88 bits per heavy atom. The second kappa shape index (κ2) is 8.24. The summed E-state index contributed by atoms with van der Waals surface area (Å²) in [6.45, 7) is 7.95. The molecule has 0 aliphatic rings. The van der Waals surface area contributed by atoms with Gasteiger partial charge in [0.25, 0.3) is 0 Å². The molecule has 0 aromatic carbocycles. The molecule has 0 aliphatic carbocycles. The van der Waals surface area contributed by atoms with Crippen LogP contribution < -0.4 is 5.32 Å². The van der Waals surface area contributed by atoms with Crippen molar-refractivity contribution in [3.05, 3.63) is 30.1 Å². The Labute approximate surface area is 106 Å². The Kier molecular flexibility index (Phi) is 6.87. The minimum atomic E-state index is 0.673. The zero-order valence-electron chi connectivity index (χ0n) is 11.4. The first-order valence-corrected chi connectivity index (χ1v) is 6.88. The highest BCUT2D eigenvalue weighted by Crippen LogP contribution is 2.11. The Hall–Kier alpha value is -0.890. The van der Waals surface area contributed by atoms with Crippen molar-refractivity contribution in [1.29, 1.82) is 0 Å². The van der Waals surface area contributed by atoms with Crippen LogP contribution in [0.2, 0.25) is 0 Å². The molecule has 1 aromatic heterocycles. The standard InChI is InChI=1S/C15H26N2/c1-4-13(3)12-15(5-2)17-11-8-14-6-9-16-10-7-14/h6-7,9-10,13,15,17H,4-5,8,11-12H2,1-3H3. The van der Waals surface area contributed by atoms with Gasteiger partial charge in [-0.25, -0.2) is 0 Å². The summed E-state index contributed by atoms with van der Waals surface area (Å²) in [7, 11) is 0. The zero-order valence-corrected chi connectivity index (χ0v) is 11.4. The maximum atomic E-state index is 4.03. The third-order valence-corrected chi connectivity index (χ3v) is 3.47. The maximum absolute atomic E-state index is 4.03. The van der Waals surface area contributed by atoms with E-state index in [0.717, 1.165) is 18.9 Å². The fraction of sp³-hybridized carbons (Fsp3) is 0.667. The molecule has 0 fully saturated rings. The lowest BCUT2D eigenvalue weighted by Gasteiger charge is -2.20. The molecule has 2 atom stereocenters. The van der Waals surface area contributed by atoms with E-state index >= 15 is 0 Å². The lowest BCUT2D eigenvalue weighted by atomic mass is 9.97. The summed E-state index contributed by atoms with van der Waals surface area (Å²) >= 11 is 0. The van der Waals surface area contributed by atoms with E-state index < -0.39 is 0 Å². The molecule has 2 unspecified atom stereocenters. The number of nitrogens with one attached hydrogen (secondary N) is 1. The number of hydrogen-bond acceptors (Lipinski definition) is 2. The third-order valence-electron chi connectivity index (χ3n) is 3.47. The van der Waals surface area contributed by atoms with Crippen LogP contribution in [0.15, 0.2) is 24.5 Å². The average Bonchev–Trinajstić information content (AvgIpc) is 2.38. The van der Waals surface area contributed by atoms with Gasteiger partial charge in [0, 0.05) is 18.4 Å². The van der Waals surface area contributed by atoms with E-state index in [0.29, 0.717) is 6.04 Å². The van der Waals surface area contributed by atoms with Gasteiger partial charge in [0.2, 0.25) is 0 Å². The molecule has 0 amide bonds. The van der Waals surface area contributed by atoms with E-state index in [1.165, 1.54) is 24.8 Å². The summed E-state index contributed by atoms with van der Waals surface area (Å²) in [6, 6.07) is 4.86. The number of hydrogen-bond donors (Lipinski definition) is 1. The second-order valence-corrected chi connectivity index (χ2v) is 4.91. The average molecular weight is 234 g/mol. The van der Waals surface area contributed by atoms with Crippen LogP contribution in [0.25, 0.3) is 0 Å². The molecule has 0 radical (unpaired) electrons. The number of pyridine rings is 1. The van der Waals surface area contributed by atoms with Crippen molar-refractivity contribution in [2.45, 2.75) is 52.5 Å². The van der Waals surface area contributed by atoms with Gasteiger partial charge in [-0.05, 0) is 49.4 Å². The van der Waals surface area contributed by atoms with Crippen molar-refractivity contribution in [1.82, 2.24) is 10.3 Å². The summed E-state index contributed by atoms with van der Waals surface area (Å²) in [6.07, 6.45) is 8.63. The van der Waals surface area contributed by atoms with Crippen molar-refractivity contribution in [3.8, 4) is 0 Å². The molecule has 0 spiro atoms. The third kappa shape index (κ3) is 5.83. The highest BCUT2D eigenvalue weighted by Gasteiger charge is 2.09. The van der Waals surface area contributed by atoms with Crippen molar-refractivity contribution in [3.63, 3.8) is 0 Å². The fourth-order valence-electron chi connectivity index (χ4n) is 2.02. The minimum Gasteiger partial charge on any atom is -0.314 e. The van der Waals surface area contributed by atoms with Gasteiger partial charge >= 0.3 is 0 Å². The molecule has 0 aliphatic heterocycles. The van der Waals surface area contributed by atoms with Crippen LogP contribution in [-0.4, -0.2) is 17.6 Å². The molecule has 2 heteroatoms. The molecule has 96 valence electrons. The van der Waals surface area contributed by atoms with E-state index in [1.54, 1.807) is 0 Å². The number of aromatic nitrogens is 1. The molecule has 1 N–H and O–H groups in total. The molecule has 1 rings (SSSR count). The quantitative estimate of drug-likeness (QED) is 0.745. The summed E-state index contributed by atoms with van der Waals surface area (Å²) < 4.78 is 0. The molecule has 1 heterocycles. The molecular weight excluding hydrogens is 208 g/mol. The largest absolute Gasteiger partial charge is 0.314 e. The highest BCUT2D eigenvalue weighted by molar-refractivity contribution is 5.09. The Bertz CT molecular complexity index is 284. The summed E-state index contributed by atoms with van der Waals surface area (Å²) in [5.74, 6) is 0.827. The maximum Gasteiger partial charge on any atom is 0.0270 e. The Morgan fingerprint density at radius 3 is 2.47 bits per heavy atom. The lowest BCUT2D eigenvalue weighted by molar-refractivity contribution is 0.387. The molecule has 17 heavy (non-hydrogen) atoms. The normalized spacial score (nSPS) is 14.5. The summed E-state index contributed by atoms with van der Waals surface area (Å²) in [5, 5.41) is 3.66. The van der Waals surface area contributed by atoms with Gasteiger partial charge in [0.1, 0.15) is 0 Å². The number of rotatable bonds is 8. The van der Waals surface area contributed by atoms with E-state index in [-0.39, 0.29) is 0 Å². The topological polar surface area (TPSA) is 24.9 Å². The van der Waals surface area contributed by atoms with E-state index in [9.17, 15) is 0 Å². The first kappa shape index (κ1) is 14.2. The smallest absolute Gasteiger partial charge is 0.0270 e. The predicted octanol–water partition coefficient (Wildman–Crippen LogP) is 3.43. The number of nitrogens with zero attached hydrogens (tertiary/aromatic N) is 1. The molecule has 0 saturated heterocycles. The van der Waals surface area contributed by atoms with Crippen LogP contribution in [0, 0.1) is 5.92 Å². The molecule has 0 saturated carbocycles. The Morgan fingerprint density at radius 1 is 1.18 bits per heavy atom. The van der Waals surface area contributed by atoms with Crippen molar-refractivity contribution in [2.75, 3.05) is 6.54 Å². The van der Waals surface area contributed by atoms with Crippen molar-refractivity contribution < 1.29 is 0 Å². The predicted molar refractivity (Wildman–Crippen MR) is 74.1 cm³/mol. The van der Waals surface area contributed by atoms with Crippen LogP contribution in [-0.2, 0) is 6.42 Å². The van der Waals surface area contributed by atoms with E-state index in [2.05, 4.69) is 43.2 Å². The molecule has 1 aromatic rings. The van der Waals surface area contributed by atoms with Gasteiger partial charge in [-0.15, -0.1) is 0 Å². The molecule has 0 bridgehead atoms. The SMILES string of the molecule is CCC(C)CC(CC)NCCc1ccncc1. The fourth-order valence-corrected chi connectivity index (χ4v) is 2.02. The Balaban J connectivity index is 2.24. The summed E-state index contributed by atoms with van der Waals surface area (Å²) in [5.41, 5.74) is 1.37. The first-order valence-electron chi connectivity index (χ1n) is 6.88. The first-order chi connectivity index (χ1) is 8.26. The van der Waals surface area contributed by atoms with Gasteiger partial charge in [-0.1, -0.05) is 27.2 Å². The van der Waals surface area contributed by atoms with Gasteiger partial charge in [0.05, 0.1) is 0 Å². The van der Waals surface area contributed by atoms with Gasteiger partial charge < -0.3 is 5.32 Å². The summed E-state index contributed by atoms with van der Waals surface area (Å²) in [4.78, 5) is 4.03. The van der Waals surface area contributed by atoms with Crippen molar-refractivity contribution >= 4 is 0 Å². The van der Waals surface area contributed by atoms with Gasteiger partial charge in [-0.3, -0.25) is 4.98 Å². The highest BCUT2D eigenvalue weighted by atomic mass is 14.9. The van der Waals surface area contributed by atoms with E-state index in [4.69, 9.17) is 0 Å². The van der Waals surface area contributed by atoms with E-state index in [1.807, 2.05) is 12.4 Å². The molecule has 2 nitrogen and oxygen atoms in total. The second-order valence-electron chi connectivity index (χ2n) is 4.91. The van der Waals surface area contributed by atoms with Crippen LogP contribution in [0.5, 0.6) is 0 Å². The van der Waals surface area contributed by atoms with Crippen molar-refractivity contribution in [2.24, 2.45) is 5.92 Å².